The normalized spacial score (nSPS) is 10.9. The number of nitrogens with one attached hydrogen (secondary N) is 3. The average Bonchev–Trinajstić information content (AvgIpc) is 3.01. The molecule has 9 heteroatoms. The first kappa shape index (κ1) is 30.0. The molecule has 8 nitrogen and oxygen atoms in total. The van der Waals surface area contributed by atoms with E-state index in [-0.39, 0.29) is 17.4 Å². The van der Waals surface area contributed by atoms with E-state index >= 15 is 0 Å². The first-order valence-corrected chi connectivity index (χ1v) is 14.2. The van der Waals surface area contributed by atoms with E-state index in [2.05, 4.69) is 16.0 Å². The zero-order chi connectivity index (χ0) is 29.7. The average molecular weight is 582 g/mol. The number of ether oxygens (including phenoxy) is 2. The van der Waals surface area contributed by atoms with Gasteiger partial charge in [0, 0.05) is 16.1 Å². The minimum absolute atomic E-state index is 0.0715. The Morgan fingerprint density at radius 3 is 2.31 bits per heavy atom. The number of thioether (sulfide) groups is 1. The summed E-state index contributed by atoms with van der Waals surface area (Å²) in [5, 5.41) is 8.44. The molecule has 0 spiro atoms. The van der Waals surface area contributed by atoms with E-state index in [9.17, 15) is 14.4 Å². The fourth-order valence-electron chi connectivity index (χ4n) is 3.88. The second-order valence-electron chi connectivity index (χ2n) is 8.90. The third-order valence-electron chi connectivity index (χ3n) is 5.87. The fourth-order valence-corrected chi connectivity index (χ4v) is 4.64. The van der Waals surface area contributed by atoms with Crippen molar-refractivity contribution in [1.29, 1.82) is 0 Å². The lowest BCUT2D eigenvalue weighted by Gasteiger charge is -2.13. The van der Waals surface area contributed by atoms with Crippen LogP contribution >= 0.6 is 11.8 Å². The van der Waals surface area contributed by atoms with Crippen LogP contribution in [-0.4, -0.2) is 37.2 Å². The summed E-state index contributed by atoms with van der Waals surface area (Å²) in [6.45, 7) is 2.44. The summed E-state index contributed by atoms with van der Waals surface area (Å²) in [6.07, 6.45) is 1.60. The van der Waals surface area contributed by atoms with E-state index in [1.165, 1.54) is 11.8 Å². The van der Waals surface area contributed by atoms with Crippen molar-refractivity contribution in [1.82, 2.24) is 5.32 Å². The van der Waals surface area contributed by atoms with Gasteiger partial charge in [-0.1, -0.05) is 48.5 Å². The Hall–Kier alpha value is -5.02. The van der Waals surface area contributed by atoms with E-state index in [0.717, 1.165) is 4.90 Å². The van der Waals surface area contributed by atoms with Gasteiger partial charge in [0.1, 0.15) is 17.2 Å². The third-order valence-corrected chi connectivity index (χ3v) is 6.87. The Bertz CT molecular complexity index is 1560. The van der Waals surface area contributed by atoms with Crippen LogP contribution in [0.1, 0.15) is 22.8 Å². The molecule has 0 bridgehead atoms. The largest absolute Gasteiger partial charge is 0.495 e. The van der Waals surface area contributed by atoms with Crippen molar-refractivity contribution in [3.63, 3.8) is 0 Å². The Kier molecular flexibility index (Phi) is 10.8. The Morgan fingerprint density at radius 2 is 1.57 bits per heavy atom. The Labute approximate surface area is 249 Å². The second kappa shape index (κ2) is 15.1. The van der Waals surface area contributed by atoms with Gasteiger partial charge in [0.2, 0.25) is 5.91 Å². The smallest absolute Gasteiger partial charge is 0.272 e. The van der Waals surface area contributed by atoms with Crippen molar-refractivity contribution >= 4 is 46.9 Å². The molecule has 0 atom stereocenters. The van der Waals surface area contributed by atoms with E-state index in [4.69, 9.17) is 9.47 Å². The molecule has 0 radical (unpaired) electrons. The number of rotatable bonds is 12. The molecule has 0 aliphatic carbocycles. The summed E-state index contributed by atoms with van der Waals surface area (Å²) < 4.78 is 10.8. The summed E-state index contributed by atoms with van der Waals surface area (Å²) >= 11 is 1.33. The summed E-state index contributed by atoms with van der Waals surface area (Å²) in [5.41, 5.74) is 2.31. The molecule has 0 aromatic heterocycles. The standard InChI is InChI=1S/C33H31N3O5S/c1-3-41-26-18-16-23(17-19-26)20-29(36-32(38)24-10-5-4-6-11-24)33(39)34-25-12-9-13-27(21-25)42-22-31(37)35-28-14-7-8-15-30(28)40-2/h4-21H,3,22H2,1-2H3,(H,34,39)(H,35,37)(H,36,38)/b29-20+. The van der Waals surface area contributed by atoms with E-state index in [0.29, 0.717) is 40.6 Å². The molecule has 3 N–H and O–H groups in total. The number of para-hydroxylation sites is 2. The number of carbonyl (C=O) groups is 3. The molecule has 0 unspecified atom stereocenters. The molecule has 3 amide bonds. The fraction of sp³-hybridized carbons (Fsp3) is 0.121. The van der Waals surface area contributed by atoms with Crippen molar-refractivity contribution in [2.45, 2.75) is 11.8 Å². The van der Waals surface area contributed by atoms with Gasteiger partial charge in [-0.05, 0) is 73.2 Å². The number of amides is 3. The number of hydrogen-bond acceptors (Lipinski definition) is 6. The van der Waals surface area contributed by atoms with Crippen LogP contribution in [0.3, 0.4) is 0 Å². The van der Waals surface area contributed by atoms with Crippen LogP contribution in [0.25, 0.3) is 6.08 Å². The van der Waals surface area contributed by atoms with Gasteiger partial charge in [-0.3, -0.25) is 14.4 Å². The molecule has 0 fully saturated rings. The highest BCUT2D eigenvalue weighted by molar-refractivity contribution is 8.00. The van der Waals surface area contributed by atoms with Gasteiger partial charge >= 0.3 is 0 Å². The number of hydrogen-bond donors (Lipinski definition) is 3. The maximum atomic E-state index is 13.4. The van der Waals surface area contributed by atoms with Gasteiger partial charge in [0.15, 0.2) is 0 Å². The van der Waals surface area contributed by atoms with Crippen LogP contribution in [0.5, 0.6) is 11.5 Å². The quantitative estimate of drug-likeness (QED) is 0.135. The number of benzene rings is 4. The Balaban J connectivity index is 1.46. The first-order chi connectivity index (χ1) is 20.4. The monoisotopic (exact) mass is 581 g/mol. The van der Waals surface area contributed by atoms with Crippen LogP contribution in [0.4, 0.5) is 11.4 Å². The zero-order valence-electron chi connectivity index (χ0n) is 23.3. The number of methoxy groups -OCH3 is 1. The Morgan fingerprint density at radius 1 is 0.833 bits per heavy atom. The minimum atomic E-state index is -0.496. The van der Waals surface area contributed by atoms with Crippen LogP contribution in [0.2, 0.25) is 0 Å². The van der Waals surface area contributed by atoms with Crippen LogP contribution < -0.4 is 25.4 Å². The second-order valence-corrected chi connectivity index (χ2v) is 9.95. The van der Waals surface area contributed by atoms with Crippen LogP contribution in [0.15, 0.2) is 114 Å². The molecule has 214 valence electrons. The predicted molar refractivity (Wildman–Crippen MR) is 167 cm³/mol. The van der Waals surface area contributed by atoms with Gasteiger partial charge in [-0.25, -0.2) is 0 Å². The van der Waals surface area contributed by atoms with Gasteiger partial charge < -0.3 is 25.4 Å². The maximum Gasteiger partial charge on any atom is 0.272 e. The zero-order valence-corrected chi connectivity index (χ0v) is 24.1. The van der Waals surface area contributed by atoms with Gasteiger partial charge in [-0.15, -0.1) is 11.8 Å². The van der Waals surface area contributed by atoms with E-state index in [1.54, 1.807) is 92.0 Å². The number of carbonyl (C=O) groups excluding carboxylic acids is 3. The van der Waals surface area contributed by atoms with Gasteiger partial charge in [-0.2, -0.15) is 0 Å². The molecular weight excluding hydrogens is 550 g/mol. The highest BCUT2D eigenvalue weighted by Gasteiger charge is 2.16. The molecule has 0 saturated carbocycles. The minimum Gasteiger partial charge on any atom is -0.495 e. The molecule has 4 rings (SSSR count). The van der Waals surface area contributed by atoms with Gasteiger partial charge in [0.05, 0.1) is 25.2 Å². The number of anilines is 2. The lowest BCUT2D eigenvalue weighted by molar-refractivity contribution is -0.114. The highest BCUT2D eigenvalue weighted by atomic mass is 32.2. The SMILES string of the molecule is CCOc1ccc(/C=C(/NC(=O)c2ccccc2)C(=O)Nc2cccc(SCC(=O)Nc3ccccc3OC)c2)cc1. The van der Waals surface area contributed by atoms with Crippen LogP contribution in [-0.2, 0) is 9.59 Å². The molecular formula is C33H31N3O5S. The third kappa shape index (κ3) is 8.74. The molecule has 0 aliphatic rings. The summed E-state index contributed by atoms with van der Waals surface area (Å²) in [5.74, 6) is 0.348. The van der Waals surface area contributed by atoms with Crippen molar-refractivity contribution in [2.75, 3.05) is 30.1 Å². The lowest BCUT2D eigenvalue weighted by Crippen LogP contribution is -2.30. The maximum absolute atomic E-state index is 13.4. The van der Waals surface area contributed by atoms with Crippen LogP contribution in [0, 0.1) is 0 Å². The molecule has 0 aliphatic heterocycles. The van der Waals surface area contributed by atoms with Crippen molar-refractivity contribution in [3.8, 4) is 11.5 Å². The molecule has 0 heterocycles. The predicted octanol–water partition coefficient (Wildman–Crippen LogP) is 6.23. The summed E-state index contributed by atoms with van der Waals surface area (Å²) in [4.78, 5) is 39.6. The highest BCUT2D eigenvalue weighted by Crippen LogP contribution is 2.25. The molecule has 4 aromatic carbocycles. The van der Waals surface area contributed by atoms with Crippen molar-refractivity contribution in [3.05, 3.63) is 120 Å². The van der Waals surface area contributed by atoms with Crippen molar-refractivity contribution in [2.24, 2.45) is 0 Å². The summed E-state index contributed by atoms with van der Waals surface area (Å²) in [7, 11) is 1.55. The topological polar surface area (TPSA) is 106 Å². The summed E-state index contributed by atoms with van der Waals surface area (Å²) in [6, 6.07) is 30.2. The lowest BCUT2D eigenvalue weighted by atomic mass is 10.1. The van der Waals surface area contributed by atoms with E-state index < -0.39 is 11.8 Å². The van der Waals surface area contributed by atoms with Crippen molar-refractivity contribution < 1.29 is 23.9 Å². The van der Waals surface area contributed by atoms with E-state index in [1.807, 2.05) is 31.2 Å². The molecule has 42 heavy (non-hydrogen) atoms. The molecule has 0 saturated heterocycles. The molecule has 4 aromatic rings. The first-order valence-electron chi connectivity index (χ1n) is 13.2. The van der Waals surface area contributed by atoms with Gasteiger partial charge in [0.25, 0.3) is 11.8 Å².